The largest absolute Gasteiger partial charge is 0.311 e. The molecule has 1 aliphatic rings. The summed E-state index contributed by atoms with van der Waals surface area (Å²) >= 11 is 0. The summed E-state index contributed by atoms with van der Waals surface area (Å²) in [6, 6.07) is 2.65. The van der Waals surface area contributed by atoms with Crippen LogP contribution in [0.15, 0.2) is 12.3 Å². The molecule has 18 heavy (non-hydrogen) atoms. The molecule has 0 spiro atoms. The molecule has 1 N–H and O–H groups in total. The van der Waals surface area contributed by atoms with Crippen LogP contribution in [0.2, 0.25) is 0 Å². The Balaban J connectivity index is 2.13. The average Bonchev–Trinajstić information content (AvgIpc) is 2.88. The van der Waals surface area contributed by atoms with Gasteiger partial charge in [-0.1, -0.05) is 26.2 Å². The predicted molar refractivity (Wildman–Crippen MR) is 75.4 cm³/mol. The zero-order chi connectivity index (χ0) is 13.0. The summed E-state index contributed by atoms with van der Waals surface area (Å²) in [5.41, 5.74) is 1.36. The Morgan fingerprint density at radius 1 is 1.44 bits per heavy atom. The molecule has 1 aromatic heterocycles. The smallest absolute Gasteiger partial charge is 0.0556 e. The normalized spacial score (nSPS) is 26.2. The van der Waals surface area contributed by atoms with E-state index in [0.717, 1.165) is 18.4 Å². The number of rotatable bonds is 5. The first-order valence-electron chi connectivity index (χ1n) is 7.49. The first-order valence-corrected chi connectivity index (χ1v) is 7.49. The average molecular weight is 249 g/mol. The van der Waals surface area contributed by atoms with Gasteiger partial charge in [0.2, 0.25) is 0 Å². The van der Waals surface area contributed by atoms with Gasteiger partial charge in [-0.2, -0.15) is 5.10 Å². The lowest BCUT2D eigenvalue weighted by molar-refractivity contribution is 0.209. The fourth-order valence-corrected chi connectivity index (χ4v) is 3.50. The van der Waals surface area contributed by atoms with Crippen molar-refractivity contribution in [2.45, 2.75) is 58.5 Å². The van der Waals surface area contributed by atoms with Gasteiger partial charge < -0.3 is 5.32 Å². The van der Waals surface area contributed by atoms with E-state index >= 15 is 0 Å². The van der Waals surface area contributed by atoms with E-state index in [-0.39, 0.29) is 0 Å². The van der Waals surface area contributed by atoms with Crippen LogP contribution in [-0.4, -0.2) is 16.8 Å². The quantitative estimate of drug-likeness (QED) is 0.867. The predicted octanol–water partition coefficient (Wildman–Crippen LogP) is 3.38. The van der Waals surface area contributed by atoms with Gasteiger partial charge in [0.15, 0.2) is 0 Å². The summed E-state index contributed by atoms with van der Waals surface area (Å²) in [6.07, 6.45) is 8.81. The second-order valence-corrected chi connectivity index (χ2v) is 5.54. The van der Waals surface area contributed by atoms with Gasteiger partial charge in [0.1, 0.15) is 0 Å². The van der Waals surface area contributed by atoms with Crippen molar-refractivity contribution in [3.63, 3.8) is 0 Å². The van der Waals surface area contributed by atoms with Crippen LogP contribution in [0.4, 0.5) is 0 Å². The summed E-state index contributed by atoms with van der Waals surface area (Å²) in [6.45, 7) is 5.46. The Labute approximate surface area is 111 Å². The van der Waals surface area contributed by atoms with Gasteiger partial charge in [0.05, 0.1) is 11.7 Å². The van der Waals surface area contributed by atoms with Crippen LogP contribution in [0, 0.1) is 11.8 Å². The molecular weight excluding hydrogens is 222 g/mol. The molecule has 0 aliphatic heterocycles. The third-order valence-electron chi connectivity index (χ3n) is 4.55. The van der Waals surface area contributed by atoms with Gasteiger partial charge in [-0.25, -0.2) is 0 Å². The standard InChI is InChI=1S/C15H27N3/c1-4-12-7-6-8-13(11-12)15(16-3)14-9-10-17-18(14)5-2/h9-10,12-13,15-16H,4-8,11H2,1-3H3. The molecule has 0 saturated heterocycles. The van der Waals surface area contributed by atoms with Crippen molar-refractivity contribution in [2.24, 2.45) is 11.8 Å². The van der Waals surface area contributed by atoms with E-state index < -0.39 is 0 Å². The highest BCUT2D eigenvalue weighted by Gasteiger charge is 2.29. The van der Waals surface area contributed by atoms with E-state index in [4.69, 9.17) is 0 Å². The van der Waals surface area contributed by atoms with Crippen LogP contribution in [0.1, 0.15) is 57.7 Å². The lowest BCUT2D eigenvalue weighted by Gasteiger charge is -2.34. The highest BCUT2D eigenvalue weighted by molar-refractivity contribution is 5.09. The Morgan fingerprint density at radius 2 is 2.28 bits per heavy atom. The maximum atomic E-state index is 4.41. The molecule has 0 aromatic carbocycles. The van der Waals surface area contributed by atoms with E-state index in [1.54, 1.807) is 0 Å². The molecule has 0 bridgehead atoms. The van der Waals surface area contributed by atoms with Crippen molar-refractivity contribution >= 4 is 0 Å². The molecule has 1 aromatic rings. The van der Waals surface area contributed by atoms with Gasteiger partial charge in [-0.3, -0.25) is 4.68 Å². The van der Waals surface area contributed by atoms with Crippen LogP contribution in [0.5, 0.6) is 0 Å². The van der Waals surface area contributed by atoms with Crippen LogP contribution < -0.4 is 5.32 Å². The number of nitrogens with zero attached hydrogens (tertiary/aromatic N) is 2. The second-order valence-electron chi connectivity index (χ2n) is 5.54. The minimum absolute atomic E-state index is 0.474. The molecule has 102 valence electrons. The number of hydrogen-bond acceptors (Lipinski definition) is 2. The molecule has 3 nitrogen and oxygen atoms in total. The van der Waals surface area contributed by atoms with Gasteiger partial charge in [0.25, 0.3) is 0 Å². The number of aryl methyl sites for hydroxylation is 1. The lowest BCUT2D eigenvalue weighted by atomic mass is 9.76. The molecule has 0 radical (unpaired) electrons. The van der Waals surface area contributed by atoms with Gasteiger partial charge in [-0.05, 0) is 44.7 Å². The van der Waals surface area contributed by atoms with E-state index in [9.17, 15) is 0 Å². The molecular formula is C15H27N3. The topological polar surface area (TPSA) is 29.9 Å². The molecule has 1 heterocycles. The Morgan fingerprint density at radius 3 is 2.94 bits per heavy atom. The fraction of sp³-hybridized carbons (Fsp3) is 0.800. The van der Waals surface area contributed by atoms with Crippen molar-refractivity contribution < 1.29 is 0 Å². The van der Waals surface area contributed by atoms with Gasteiger partial charge >= 0.3 is 0 Å². The van der Waals surface area contributed by atoms with Gasteiger partial charge in [-0.15, -0.1) is 0 Å². The summed E-state index contributed by atoms with van der Waals surface area (Å²) in [5.74, 6) is 1.70. The van der Waals surface area contributed by atoms with E-state index in [1.165, 1.54) is 37.8 Å². The van der Waals surface area contributed by atoms with Crippen LogP contribution >= 0.6 is 0 Å². The summed E-state index contributed by atoms with van der Waals surface area (Å²) in [5, 5.41) is 7.95. The van der Waals surface area contributed by atoms with Crippen LogP contribution in [-0.2, 0) is 6.54 Å². The maximum absolute atomic E-state index is 4.41. The minimum Gasteiger partial charge on any atom is -0.311 e. The summed E-state index contributed by atoms with van der Waals surface area (Å²) in [7, 11) is 2.09. The highest BCUT2D eigenvalue weighted by Crippen LogP contribution is 2.38. The Hall–Kier alpha value is -0.830. The third-order valence-corrected chi connectivity index (χ3v) is 4.55. The molecule has 1 saturated carbocycles. The van der Waals surface area contributed by atoms with Crippen LogP contribution in [0.25, 0.3) is 0 Å². The second kappa shape index (κ2) is 6.37. The van der Waals surface area contributed by atoms with E-state index in [0.29, 0.717) is 6.04 Å². The monoisotopic (exact) mass is 249 g/mol. The van der Waals surface area contributed by atoms with Gasteiger partial charge in [0, 0.05) is 12.7 Å². The SMILES string of the molecule is CCC1CCCC(C(NC)c2ccnn2CC)C1. The lowest BCUT2D eigenvalue weighted by Crippen LogP contribution is -2.31. The van der Waals surface area contributed by atoms with Crippen molar-refractivity contribution in [2.75, 3.05) is 7.05 Å². The first kappa shape index (κ1) is 13.6. The van der Waals surface area contributed by atoms with Crippen LogP contribution in [0.3, 0.4) is 0 Å². The number of nitrogens with one attached hydrogen (secondary N) is 1. The molecule has 3 unspecified atom stereocenters. The van der Waals surface area contributed by atoms with Crippen molar-refractivity contribution in [1.29, 1.82) is 0 Å². The summed E-state index contributed by atoms with van der Waals surface area (Å²) in [4.78, 5) is 0. The number of aromatic nitrogens is 2. The number of hydrogen-bond donors (Lipinski definition) is 1. The van der Waals surface area contributed by atoms with E-state index in [1.807, 2.05) is 6.20 Å². The zero-order valence-corrected chi connectivity index (χ0v) is 12.0. The highest BCUT2D eigenvalue weighted by atomic mass is 15.3. The van der Waals surface area contributed by atoms with Crippen molar-refractivity contribution in [3.8, 4) is 0 Å². The van der Waals surface area contributed by atoms with Crippen molar-refractivity contribution in [3.05, 3.63) is 18.0 Å². The molecule has 0 amide bonds. The van der Waals surface area contributed by atoms with Crippen molar-refractivity contribution in [1.82, 2.24) is 15.1 Å². The molecule has 1 fully saturated rings. The first-order chi connectivity index (χ1) is 8.80. The molecule has 1 aliphatic carbocycles. The zero-order valence-electron chi connectivity index (χ0n) is 12.0. The summed E-state index contributed by atoms with van der Waals surface area (Å²) < 4.78 is 2.14. The molecule has 3 heteroatoms. The fourth-order valence-electron chi connectivity index (χ4n) is 3.50. The Bertz CT molecular complexity index is 358. The molecule has 2 rings (SSSR count). The maximum Gasteiger partial charge on any atom is 0.0556 e. The third kappa shape index (κ3) is 2.77. The molecule has 3 atom stereocenters. The van der Waals surface area contributed by atoms with E-state index in [2.05, 4.69) is 42.1 Å². The Kier molecular flexibility index (Phi) is 4.81. The minimum atomic E-state index is 0.474.